The molecule has 0 spiro atoms. The van der Waals surface area contributed by atoms with E-state index in [4.69, 9.17) is 9.72 Å². The lowest BCUT2D eigenvalue weighted by molar-refractivity contribution is 0.178. The molecule has 0 aliphatic heterocycles. The Bertz CT molecular complexity index is 982. The summed E-state index contributed by atoms with van der Waals surface area (Å²) in [5, 5.41) is 10.9. The first-order valence-electron chi connectivity index (χ1n) is 8.39. The maximum absolute atomic E-state index is 5.22. The normalized spacial score (nSPS) is 11.1. The van der Waals surface area contributed by atoms with Crippen LogP contribution in [0.2, 0.25) is 0 Å². The summed E-state index contributed by atoms with van der Waals surface area (Å²) in [6.07, 6.45) is 3.74. The van der Waals surface area contributed by atoms with Gasteiger partial charge in [0.1, 0.15) is 17.3 Å². The number of methoxy groups -OCH3 is 1. The number of thiophene rings is 1. The molecule has 0 fully saturated rings. The van der Waals surface area contributed by atoms with Crippen LogP contribution in [0.1, 0.15) is 5.82 Å². The predicted octanol–water partition coefficient (Wildman–Crippen LogP) is 3.81. The topological polar surface area (TPSA) is 64.9 Å². The second kappa shape index (κ2) is 7.63. The first-order chi connectivity index (χ1) is 12.8. The number of anilines is 1. The zero-order valence-electron chi connectivity index (χ0n) is 14.4. The Morgan fingerprint density at radius 3 is 2.81 bits per heavy atom. The molecular weight excluding hydrogens is 346 g/mol. The Morgan fingerprint density at radius 1 is 1.15 bits per heavy atom. The lowest BCUT2D eigenvalue weighted by Gasteiger charge is -2.10. The maximum atomic E-state index is 5.22. The standard InChI is InChI=1S/C19H19N5OS/c1-25-12-16-22-18(20-9-11-24-10-5-8-21-24)17-15(13-26-19(17)23-16)14-6-3-2-4-7-14/h2-8,10,13H,9,11-12H2,1H3,(H,20,22,23). The molecule has 0 saturated carbocycles. The fourth-order valence-electron chi connectivity index (χ4n) is 2.86. The molecule has 0 bridgehead atoms. The van der Waals surface area contributed by atoms with E-state index in [0.717, 1.165) is 40.3 Å². The van der Waals surface area contributed by atoms with Crippen LogP contribution in [-0.4, -0.2) is 33.4 Å². The molecular formula is C19H19N5OS. The van der Waals surface area contributed by atoms with Gasteiger partial charge in [0.15, 0.2) is 5.82 Å². The lowest BCUT2D eigenvalue weighted by atomic mass is 10.1. The van der Waals surface area contributed by atoms with E-state index in [0.29, 0.717) is 12.4 Å². The smallest absolute Gasteiger partial charge is 0.158 e. The zero-order valence-corrected chi connectivity index (χ0v) is 15.2. The third-order valence-corrected chi connectivity index (χ3v) is 4.90. The Balaban J connectivity index is 1.70. The Morgan fingerprint density at radius 2 is 2.04 bits per heavy atom. The quantitative estimate of drug-likeness (QED) is 0.539. The van der Waals surface area contributed by atoms with Crippen LogP contribution < -0.4 is 5.32 Å². The number of fused-ring (bicyclic) bond motifs is 1. The molecule has 26 heavy (non-hydrogen) atoms. The Labute approximate surface area is 155 Å². The molecule has 0 aliphatic rings. The van der Waals surface area contributed by atoms with E-state index < -0.39 is 0 Å². The number of aromatic nitrogens is 4. The van der Waals surface area contributed by atoms with Crippen molar-refractivity contribution in [3.63, 3.8) is 0 Å². The highest BCUT2D eigenvalue weighted by molar-refractivity contribution is 7.17. The van der Waals surface area contributed by atoms with Gasteiger partial charge in [0.05, 0.1) is 11.9 Å². The molecule has 0 saturated heterocycles. The Hall–Kier alpha value is -2.77. The van der Waals surface area contributed by atoms with Crippen molar-refractivity contribution >= 4 is 27.4 Å². The zero-order chi connectivity index (χ0) is 17.8. The summed E-state index contributed by atoms with van der Waals surface area (Å²) in [7, 11) is 1.65. The minimum Gasteiger partial charge on any atom is -0.377 e. The SMILES string of the molecule is COCc1nc(NCCn2cccn2)c2c(-c3ccccc3)csc2n1. The molecule has 3 aromatic heterocycles. The Kier molecular flexibility index (Phi) is 4.90. The summed E-state index contributed by atoms with van der Waals surface area (Å²) in [5.74, 6) is 1.53. The van der Waals surface area contributed by atoms with E-state index in [1.165, 1.54) is 0 Å². The van der Waals surface area contributed by atoms with Crippen molar-refractivity contribution in [3.8, 4) is 11.1 Å². The van der Waals surface area contributed by atoms with Crippen molar-refractivity contribution in [1.82, 2.24) is 19.7 Å². The van der Waals surface area contributed by atoms with Crippen molar-refractivity contribution in [1.29, 1.82) is 0 Å². The van der Waals surface area contributed by atoms with Crippen molar-refractivity contribution in [2.24, 2.45) is 0 Å². The summed E-state index contributed by atoms with van der Waals surface area (Å²) in [6.45, 7) is 1.88. The van der Waals surface area contributed by atoms with Crippen molar-refractivity contribution < 1.29 is 4.74 Å². The highest BCUT2D eigenvalue weighted by Gasteiger charge is 2.15. The van der Waals surface area contributed by atoms with Gasteiger partial charge < -0.3 is 10.1 Å². The molecule has 0 aliphatic carbocycles. The van der Waals surface area contributed by atoms with Crippen LogP contribution in [0.15, 0.2) is 54.2 Å². The molecule has 0 amide bonds. The average molecular weight is 365 g/mol. The molecule has 1 aromatic carbocycles. The highest BCUT2D eigenvalue weighted by atomic mass is 32.1. The van der Waals surface area contributed by atoms with Crippen molar-refractivity contribution in [2.75, 3.05) is 19.0 Å². The number of ether oxygens (including phenoxy) is 1. The van der Waals surface area contributed by atoms with Crippen molar-refractivity contribution in [3.05, 3.63) is 60.0 Å². The van der Waals surface area contributed by atoms with E-state index in [-0.39, 0.29) is 0 Å². The van der Waals surface area contributed by atoms with E-state index >= 15 is 0 Å². The third kappa shape index (κ3) is 3.44. The van der Waals surface area contributed by atoms with Gasteiger partial charge in [0, 0.05) is 37.0 Å². The van der Waals surface area contributed by atoms with Gasteiger partial charge in [-0.2, -0.15) is 5.10 Å². The van der Waals surface area contributed by atoms with Crippen LogP contribution in [-0.2, 0) is 17.9 Å². The van der Waals surface area contributed by atoms with Crippen LogP contribution in [0.5, 0.6) is 0 Å². The number of rotatable bonds is 7. The summed E-state index contributed by atoms with van der Waals surface area (Å²) in [6, 6.07) is 12.3. The molecule has 3 heterocycles. The van der Waals surface area contributed by atoms with Crippen LogP contribution in [0.4, 0.5) is 5.82 Å². The second-order valence-electron chi connectivity index (χ2n) is 5.81. The molecule has 4 aromatic rings. The van der Waals surface area contributed by atoms with Crippen molar-refractivity contribution in [2.45, 2.75) is 13.2 Å². The molecule has 0 radical (unpaired) electrons. The number of hydrogen-bond donors (Lipinski definition) is 1. The van der Waals surface area contributed by atoms with Gasteiger partial charge in [-0.15, -0.1) is 11.3 Å². The fraction of sp³-hybridized carbons (Fsp3) is 0.211. The number of hydrogen-bond acceptors (Lipinski definition) is 6. The van der Waals surface area contributed by atoms with E-state index in [1.807, 2.05) is 35.1 Å². The monoisotopic (exact) mass is 365 g/mol. The van der Waals surface area contributed by atoms with Crippen LogP contribution in [0.25, 0.3) is 21.3 Å². The van der Waals surface area contributed by atoms with Crippen LogP contribution in [0, 0.1) is 0 Å². The van der Waals surface area contributed by atoms with Gasteiger partial charge in [0.2, 0.25) is 0 Å². The van der Waals surface area contributed by atoms with Gasteiger partial charge in [-0.3, -0.25) is 4.68 Å². The molecule has 6 nitrogen and oxygen atoms in total. The van der Waals surface area contributed by atoms with E-state index in [2.05, 4.69) is 32.9 Å². The highest BCUT2D eigenvalue weighted by Crippen LogP contribution is 2.36. The summed E-state index contributed by atoms with van der Waals surface area (Å²) in [5.41, 5.74) is 2.31. The largest absolute Gasteiger partial charge is 0.377 e. The van der Waals surface area contributed by atoms with E-state index in [9.17, 15) is 0 Å². The maximum Gasteiger partial charge on any atom is 0.158 e. The first kappa shape index (κ1) is 16.7. The molecule has 7 heteroatoms. The number of benzene rings is 1. The third-order valence-electron chi connectivity index (χ3n) is 4.03. The van der Waals surface area contributed by atoms with Gasteiger partial charge in [-0.25, -0.2) is 9.97 Å². The summed E-state index contributed by atoms with van der Waals surface area (Å²) < 4.78 is 7.12. The predicted molar refractivity (Wildman–Crippen MR) is 104 cm³/mol. The first-order valence-corrected chi connectivity index (χ1v) is 9.27. The van der Waals surface area contributed by atoms with Gasteiger partial charge in [0.25, 0.3) is 0 Å². The van der Waals surface area contributed by atoms with Gasteiger partial charge in [-0.05, 0) is 11.6 Å². The van der Waals surface area contributed by atoms with Gasteiger partial charge in [-0.1, -0.05) is 30.3 Å². The van der Waals surface area contributed by atoms with Gasteiger partial charge >= 0.3 is 0 Å². The molecule has 132 valence electrons. The summed E-state index contributed by atoms with van der Waals surface area (Å²) in [4.78, 5) is 10.3. The second-order valence-corrected chi connectivity index (χ2v) is 6.67. The molecule has 0 atom stereocenters. The van der Waals surface area contributed by atoms with E-state index in [1.54, 1.807) is 24.6 Å². The minimum atomic E-state index is 0.391. The minimum absolute atomic E-state index is 0.391. The molecule has 0 unspecified atom stereocenters. The summed E-state index contributed by atoms with van der Waals surface area (Å²) >= 11 is 1.63. The number of nitrogens with zero attached hydrogens (tertiary/aromatic N) is 4. The number of nitrogens with one attached hydrogen (secondary N) is 1. The molecule has 1 N–H and O–H groups in total. The average Bonchev–Trinajstić information content (AvgIpc) is 3.32. The molecule has 4 rings (SSSR count). The van der Waals surface area contributed by atoms with Crippen LogP contribution >= 0.6 is 11.3 Å². The fourth-order valence-corrected chi connectivity index (χ4v) is 3.83. The van der Waals surface area contributed by atoms with Crippen LogP contribution in [0.3, 0.4) is 0 Å². The lowest BCUT2D eigenvalue weighted by Crippen LogP contribution is -2.13.